The fraction of sp³-hybridized carbons (Fsp3) is 0.600. The fourth-order valence-corrected chi connectivity index (χ4v) is 2.98. The lowest BCUT2D eigenvalue weighted by Crippen LogP contribution is -2.19. The van der Waals surface area contributed by atoms with Crippen LogP contribution in [0.5, 0.6) is 0 Å². The van der Waals surface area contributed by atoms with Crippen molar-refractivity contribution in [2.24, 2.45) is 11.3 Å². The summed E-state index contributed by atoms with van der Waals surface area (Å²) in [5.41, 5.74) is 4.63. The Balaban J connectivity index is 2.71. The first-order chi connectivity index (χ1) is 9.86. The lowest BCUT2D eigenvalue weighted by molar-refractivity contribution is 0.274. The Morgan fingerprint density at radius 3 is 2.71 bits per heavy atom. The average molecular weight is 288 g/mol. The Bertz CT molecular complexity index is 446. The molecule has 0 unspecified atom stereocenters. The average Bonchev–Trinajstić information content (AvgIpc) is 2.37. The first kappa shape index (κ1) is 18.0. The van der Waals surface area contributed by atoms with E-state index in [0.717, 1.165) is 6.42 Å². The van der Waals surface area contributed by atoms with E-state index in [1.807, 2.05) is 0 Å². The minimum absolute atomic E-state index is 0.261. The maximum Gasteiger partial charge on any atom is 0.0436 e. The summed E-state index contributed by atoms with van der Waals surface area (Å²) >= 11 is 0. The van der Waals surface area contributed by atoms with Gasteiger partial charge < -0.3 is 5.11 Å². The van der Waals surface area contributed by atoms with Crippen LogP contribution in [0.3, 0.4) is 0 Å². The predicted molar refractivity (Wildman–Crippen MR) is 93.2 cm³/mol. The Morgan fingerprint density at radius 1 is 1.38 bits per heavy atom. The molecule has 1 atom stereocenters. The molecule has 0 aromatic heterocycles. The van der Waals surface area contributed by atoms with Crippen LogP contribution in [0.15, 0.2) is 47.1 Å². The number of allylic oxidation sites excluding steroid dienone is 8. The van der Waals surface area contributed by atoms with Crippen molar-refractivity contribution in [1.82, 2.24) is 0 Å². The van der Waals surface area contributed by atoms with E-state index in [2.05, 4.69) is 65.0 Å². The number of rotatable bonds is 6. The van der Waals surface area contributed by atoms with Crippen LogP contribution in [0.4, 0.5) is 0 Å². The van der Waals surface area contributed by atoms with Gasteiger partial charge in [-0.25, -0.2) is 0 Å². The van der Waals surface area contributed by atoms with Gasteiger partial charge in [0.05, 0.1) is 0 Å². The van der Waals surface area contributed by atoms with Gasteiger partial charge in [-0.05, 0) is 56.4 Å². The Morgan fingerprint density at radius 2 is 2.10 bits per heavy atom. The zero-order valence-corrected chi connectivity index (χ0v) is 14.4. The molecule has 0 bridgehead atoms. The molecule has 0 aromatic carbocycles. The van der Waals surface area contributed by atoms with Gasteiger partial charge in [0.15, 0.2) is 0 Å². The summed E-state index contributed by atoms with van der Waals surface area (Å²) in [6, 6.07) is 0. The normalized spacial score (nSPS) is 21.5. The quantitative estimate of drug-likeness (QED) is 0.632. The van der Waals surface area contributed by atoms with Gasteiger partial charge in [-0.15, -0.1) is 0 Å². The number of hydrogen-bond donors (Lipinski definition) is 1. The van der Waals surface area contributed by atoms with Crippen LogP contribution in [0.25, 0.3) is 0 Å². The summed E-state index contributed by atoms with van der Waals surface area (Å²) in [4.78, 5) is 0. The van der Waals surface area contributed by atoms with E-state index in [0.29, 0.717) is 11.3 Å². The molecule has 0 amide bonds. The molecule has 118 valence electrons. The highest BCUT2D eigenvalue weighted by atomic mass is 16.3. The topological polar surface area (TPSA) is 20.2 Å². The van der Waals surface area contributed by atoms with Crippen molar-refractivity contribution in [3.63, 3.8) is 0 Å². The molecule has 0 heterocycles. The predicted octanol–water partition coefficient (Wildman–Crippen LogP) is 5.59. The van der Waals surface area contributed by atoms with E-state index in [4.69, 9.17) is 5.11 Å². The Kier molecular flexibility index (Phi) is 7.17. The summed E-state index contributed by atoms with van der Waals surface area (Å²) in [5, 5.41) is 8.88. The zero-order chi connectivity index (χ0) is 15.9. The van der Waals surface area contributed by atoms with Crippen LogP contribution in [-0.4, -0.2) is 11.7 Å². The highest BCUT2D eigenvalue weighted by Crippen LogP contribution is 2.40. The van der Waals surface area contributed by atoms with Crippen LogP contribution >= 0.6 is 0 Å². The summed E-state index contributed by atoms with van der Waals surface area (Å²) in [7, 11) is 0. The molecule has 0 saturated heterocycles. The second-order valence-electron chi connectivity index (χ2n) is 7.05. The van der Waals surface area contributed by atoms with Gasteiger partial charge in [-0.3, -0.25) is 0 Å². The maximum absolute atomic E-state index is 8.88. The largest absolute Gasteiger partial charge is 0.396 e. The molecule has 1 N–H and O–H groups in total. The van der Waals surface area contributed by atoms with Gasteiger partial charge in [0, 0.05) is 6.61 Å². The van der Waals surface area contributed by atoms with Gasteiger partial charge in [0.1, 0.15) is 0 Å². The van der Waals surface area contributed by atoms with Gasteiger partial charge >= 0.3 is 0 Å². The first-order valence-corrected chi connectivity index (χ1v) is 8.21. The van der Waals surface area contributed by atoms with E-state index in [-0.39, 0.29) is 6.61 Å². The molecular formula is C20H32O. The second-order valence-corrected chi connectivity index (χ2v) is 7.05. The van der Waals surface area contributed by atoms with E-state index in [1.165, 1.54) is 30.4 Å². The van der Waals surface area contributed by atoms with Gasteiger partial charge in [0.25, 0.3) is 0 Å². The summed E-state index contributed by atoms with van der Waals surface area (Å²) < 4.78 is 0. The molecule has 0 saturated carbocycles. The molecule has 0 aromatic rings. The summed E-state index contributed by atoms with van der Waals surface area (Å²) in [5.74, 6) is 0.435. The van der Waals surface area contributed by atoms with E-state index in [9.17, 15) is 0 Å². The molecule has 0 radical (unpaired) electrons. The monoisotopic (exact) mass is 288 g/mol. The summed E-state index contributed by atoms with van der Waals surface area (Å²) in [6.45, 7) is 11.5. The Hall–Kier alpha value is -1.08. The van der Waals surface area contributed by atoms with E-state index < -0.39 is 0 Å². The minimum atomic E-state index is 0.261. The third-order valence-electron chi connectivity index (χ3n) is 4.44. The van der Waals surface area contributed by atoms with Crippen molar-refractivity contribution in [3.05, 3.63) is 47.1 Å². The third-order valence-corrected chi connectivity index (χ3v) is 4.44. The molecule has 1 rings (SSSR count). The van der Waals surface area contributed by atoms with Crippen LogP contribution in [0, 0.1) is 11.3 Å². The lowest BCUT2D eigenvalue weighted by atomic mass is 9.72. The number of aliphatic hydroxyl groups excluding tert-OH is 1. The molecule has 1 heteroatoms. The van der Waals surface area contributed by atoms with Crippen LogP contribution in [0.2, 0.25) is 0 Å². The Labute approximate surface area is 131 Å². The van der Waals surface area contributed by atoms with Gasteiger partial charge in [-0.2, -0.15) is 0 Å². The SMILES string of the molecule is CC1=C(/C=C/C(C)=C\C=C\[C@H](C)CCO)C(C)(C)CCC1. The van der Waals surface area contributed by atoms with E-state index in [1.54, 1.807) is 5.57 Å². The highest BCUT2D eigenvalue weighted by Gasteiger charge is 2.26. The fourth-order valence-electron chi connectivity index (χ4n) is 2.98. The molecular weight excluding hydrogens is 256 g/mol. The molecule has 1 nitrogen and oxygen atoms in total. The van der Waals surface area contributed by atoms with Crippen LogP contribution in [-0.2, 0) is 0 Å². The molecule has 1 aliphatic carbocycles. The zero-order valence-electron chi connectivity index (χ0n) is 14.4. The van der Waals surface area contributed by atoms with Crippen molar-refractivity contribution in [3.8, 4) is 0 Å². The van der Waals surface area contributed by atoms with Gasteiger partial charge in [-0.1, -0.05) is 62.3 Å². The second kappa shape index (κ2) is 8.38. The molecule has 21 heavy (non-hydrogen) atoms. The minimum Gasteiger partial charge on any atom is -0.396 e. The highest BCUT2D eigenvalue weighted by molar-refractivity contribution is 5.36. The molecule has 0 fully saturated rings. The van der Waals surface area contributed by atoms with Gasteiger partial charge in [0.2, 0.25) is 0 Å². The van der Waals surface area contributed by atoms with Crippen molar-refractivity contribution in [2.45, 2.75) is 60.3 Å². The standard InChI is InChI=1S/C20H32O/c1-16(8-6-9-17(2)13-15-21)11-12-19-18(3)10-7-14-20(19,4)5/h6,8-9,11-12,17,21H,7,10,13-15H2,1-5H3/b9-6+,12-11+,16-8-/t17-/m0/s1. The molecule has 0 spiro atoms. The maximum atomic E-state index is 8.88. The smallest absolute Gasteiger partial charge is 0.0436 e. The number of hydrogen-bond acceptors (Lipinski definition) is 1. The van der Waals surface area contributed by atoms with Crippen LogP contribution < -0.4 is 0 Å². The molecule has 0 aliphatic heterocycles. The van der Waals surface area contributed by atoms with Crippen molar-refractivity contribution in [2.75, 3.05) is 6.61 Å². The first-order valence-electron chi connectivity index (χ1n) is 8.21. The third kappa shape index (κ3) is 6.05. The summed E-state index contributed by atoms with van der Waals surface area (Å²) in [6.07, 6.45) is 15.6. The van der Waals surface area contributed by atoms with Crippen LogP contribution in [0.1, 0.15) is 60.3 Å². The van der Waals surface area contributed by atoms with Crippen molar-refractivity contribution in [1.29, 1.82) is 0 Å². The van der Waals surface area contributed by atoms with E-state index >= 15 is 0 Å². The van der Waals surface area contributed by atoms with Crippen molar-refractivity contribution < 1.29 is 5.11 Å². The van der Waals surface area contributed by atoms with Crippen molar-refractivity contribution >= 4 is 0 Å². The lowest BCUT2D eigenvalue weighted by Gasteiger charge is -2.32. The number of aliphatic hydroxyl groups is 1. The molecule has 1 aliphatic rings.